The normalized spacial score (nSPS) is 14.7. The maximum Gasteiger partial charge on any atom is 0.263 e. The Balaban J connectivity index is 1.48. The van der Waals surface area contributed by atoms with Gasteiger partial charge in [-0.25, -0.2) is 18.4 Å². The van der Waals surface area contributed by atoms with E-state index in [0.717, 1.165) is 12.8 Å². The summed E-state index contributed by atoms with van der Waals surface area (Å²) in [6, 6.07) is 11.3. The Morgan fingerprint density at radius 3 is 2.18 bits per heavy atom. The highest BCUT2D eigenvalue weighted by molar-refractivity contribution is 7.92. The number of sulfonamides is 1. The number of carbonyl (C=O) groups is 1. The third kappa shape index (κ3) is 5.55. The predicted octanol–water partition coefficient (Wildman–Crippen LogP) is 1.55. The lowest BCUT2D eigenvalue weighted by Crippen LogP contribution is -2.48. The average molecular weight is 537 g/mol. The van der Waals surface area contributed by atoms with Gasteiger partial charge in [0, 0.05) is 42.7 Å². The minimum Gasteiger partial charge on any atom is -0.497 e. The Morgan fingerprint density at radius 1 is 0.921 bits per heavy atom. The molecule has 1 aliphatic heterocycles. The molecule has 198 valence electrons. The number of anilines is 4. The van der Waals surface area contributed by atoms with Crippen LogP contribution in [-0.2, 0) is 14.8 Å². The summed E-state index contributed by atoms with van der Waals surface area (Å²) >= 11 is 0. The first-order valence-corrected chi connectivity index (χ1v) is 13.6. The number of amides is 1. The number of methoxy groups -OCH3 is 2. The molecule has 1 saturated heterocycles. The van der Waals surface area contributed by atoms with Crippen molar-refractivity contribution in [2.45, 2.75) is 17.7 Å². The molecule has 1 aromatic heterocycles. The van der Waals surface area contributed by atoms with Crippen molar-refractivity contribution in [2.24, 2.45) is 5.92 Å². The number of aromatic nitrogens is 2. The Hall–Kier alpha value is -4.16. The van der Waals surface area contributed by atoms with Crippen LogP contribution in [0.25, 0.3) is 12.2 Å². The molecule has 1 aliphatic carbocycles. The minimum atomic E-state index is -4.08. The van der Waals surface area contributed by atoms with Crippen molar-refractivity contribution in [1.29, 1.82) is 0 Å². The molecule has 2 aliphatic rings. The topological polar surface area (TPSA) is 144 Å². The molecular weight excluding hydrogens is 508 g/mol. The molecule has 11 nitrogen and oxygen atoms in total. The lowest BCUT2D eigenvalue weighted by atomic mass is 10.0. The summed E-state index contributed by atoms with van der Waals surface area (Å²) in [4.78, 5) is 21.5. The van der Waals surface area contributed by atoms with Crippen molar-refractivity contribution < 1.29 is 22.7 Å². The second kappa shape index (κ2) is 10.7. The van der Waals surface area contributed by atoms with Crippen LogP contribution < -0.4 is 40.8 Å². The Bertz CT molecular complexity index is 1580. The third-order valence-electron chi connectivity index (χ3n) is 6.20. The number of nitrogens with one attached hydrogen (secondary N) is 4. The molecule has 1 fully saturated rings. The summed E-state index contributed by atoms with van der Waals surface area (Å²) in [6.45, 7) is 1.21. The summed E-state index contributed by atoms with van der Waals surface area (Å²) < 4.78 is 40.1. The van der Waals surface area contributed by atoms with E-state index in [2.05, 4.69) is 30.6 Å². The Kier molecular flexibility index (Phi) is 7.16. The molecule has 1 amide bonds. The fourth-order valence-electron chi connectivity index (χ4n) is 4.02. The van der Waals surface area contributed by atoms with Gasteiger partial charge in [0.2, 0.25) is 5.91 Å². The number of benzene rings is 2. The van der Waals surface area contributed by atoms with E-state index in [1.54, 1.807) is 44.6 Å². The van der Waals surface area contributed by atoms with E-state index in [4.69, 9.17) is 9.47 Å². The number of ether oxygens (including phenoxy) is 2. The highest BCUT2D eigenvalue weighted by Crippen LogP contribution is 2.29. The van der Waals surface area contributed by atoms with Crippen molar-refractivity contribution in [1.82, 2.24) is 15.3 Å². The first-order chi connectivity index (χ1) is 18.3. The van der Waals surface area contributed by atoms with Crippen LogP contribution in [0.4, 0.5) is 23.0 Å². The molecule has 12 heteroatoms. The average Bonchev–Trinajstić information content (AvgIpc) is 2.87. The zero-order chi connectivity index (χ0) is 26.7. The van der Waals surface area contributed by atoms with Gasteiger partial charge in [0.25, 0.3) is 10.0 Å². The lowest BCUT2D eigenvalue weighted by Gasteiger charge is -2.25. The molecule has 0 bridgehead atoms. The number of hydrogen-bond donors (Lipinski definition) is 4. The summed E-state index contributed by atoms with van der Waals surface area (Å²) in [5.41, 5.74) is 0.969. The first-order valence-electron chi connectivity index (χ1n) is 12.1. The van der Waals surface area contributed by atoms with Gasteiger partial charge >= 0.3 is 0 Å². The number of rotatable bonds is 9. The van der Waals surface area contributed by atoms with Gasteiger partial charge in [-0.2, -0.15) is 0 Å². The van der Waals surface area contributed by atoms with Crippen LogP contribution in [0.3, 0.4) is 0 Å². The standard InChI is InChI=1S/C26H28N6O5S/c1-36-19-10-18(11-20(13-19)37-2)28-24-25(31-23-9-4-3-8-22(23)30-24)32-38(34,35)21-7-5-6-17(12-21)29-26(33)16-14-27-15-16/h5-13,16,27H,3-4,14-15H2,1-2H3,(H,28,30)(H,29,33)(H,31,32). The number of fused-ring (bicyclic) bond motifs is 1. The molecule has 5 rings (SSSR count). The minimum absolute atomic E-state index is 0.0221. The van der Waals surface area contributed by atoms with Crippen LogP contribution in [0.2, 0.25) is 0 Å². The molecule has 38 heavy (non-hydrogen) atoms. The molecule has 2 heterocycles. The molecule has 0 spiro atoms. The van der Waals surface area contributed by atoms with Crippen LogP contribution in [0.1, 0.15) is 12.8 Å². The van der Waals surface area contributed by atoms with Crippen molar-refractivity contribution in [3.05, 3.63) is 53.2 Å². The van der Waals surface area contributed by atoms with E-state index >= 15 is 0 Å². The molecule has 0 saturated carbocycles. The van der Waals surface area contributed by atoms with E-state index in [1.165, 1.54) is 12.1 Å². The predicted molar refractivity (Wildman–Crippen MR) is 145 cm³/mol. The van der Waals surface area contributed by atoms with Gasteiger partial charge in [0.1, 0.15) is 11.5 Å². The van der Waals surface area contributed by atoms with Gasteiger partial charge < -0.3 is 25.4 Å². The van der Waals surface area contributed by atoms with Crippen LogP contribution in [0.15, 0.2) is 47.4 Å². The second-order valence-electron chi connectivity index (χ2n) is 8.88. The third-order valence-corrected chi connectivity index (χ3v) is 7.54. The molecule has 0 radical (unpaired) electrons. The van der Waals surface area contributed by atoms with Gasteiger partial charge in [-0.15, -0.1) is 0 Å². The quantitative estimate of drug-likeness (QED) is 0.320. The maximum atomic E-state index is 13.4. The summed E-state index contributed by atoms with van der Waals surface area (Å²) in [5.74, 6) is 1.07. The van der Waals surface area contributed by atoms with Crippen LogP contribution >= 0.6 is 0 Å². The zero-order valence-electron chi connectivity index (χ0n) is 20.9. The molecule has 3 aromatic rings. The maximum absolute atomic E-state index is 13.4. The molecular formula is C26H28N6O5S. The SMILES string of the molecule is COc1cc(Nc2nc3c(nc2NS(=O)(=O)c2cccc(NC(=O)C4CNC4)c2)=CCCC=3)cc(OC)c1. The van der Waals surface area contributed by atoms with E-state index in [-0.39, 0.29) is 28.4 Å². The van der Waals surface area contributed by atoms with Crippen molar-refractivity contribution >= 4 is 51.1 Å². The monoisotopic (exact) mass is 536 g/mol. The van der Waals surface area contributed by atoms with Crippen LogP contribution in [-0.4, -0.2) is 51.6 Å². The largest absolute Gasteiger partial charge is 0.497 e. The smallest absolute Gasteiger partial charge is 0.263 e. The highest BCUT2D eigenvalue weighted by atomic mass is 32.2. The van der Waals surface area contributed by atoms with Gasteiger partial charge in [0.15, 0.2) is 11.6 Å². The summed E-state index contributed by atoms with van der Waals surface area (Å²) in [7, 11) is -0.994. The van der Waals surface area contributed by atoms with Crippen LogP contribution in [0.5, 0.6) is 11.5 Å². The summed E-state index contributed by atoms with van der Waals surface area (Å²) in [5, 5.41) is 10.2. The fourth-order valence-corrected chi connectivity index (χ4v) is 5.08. The Labute approximate surface area is 220 Å². The van der Waals surface area contributed by atoms with E-state index in [1.807, 2.05) is 12.2 Å². The van der Waals surface area contributed by atoms with Gasteiger partial charge in [0.05, 0.1) is 35.7 Å². The van der Waals surface area contributed by atoms with Gasteiger partial charge in [-0.05, 0) is 31.0 Å². The van der Waals surface area contributed by atoms with E-state index in [0.29, 0.717) is 46.7 Å². The van der Waals surface area contributed by atoms with Crippen molar-refractivity contribution in [3.63, 3.8) is 0 Å². The molecule has 2 aromatic carbocycles. The highest BCUT2D eigenvalue weighted by Gasteiger charge is 2.25. The molecule has 0 unspecified atom stereocenters. The van der Waals surface area contributed by atoms with E-state index < -0.39 is 10.0 Å². The van der Waals surface area contributed by atoms with Crippen LogP contribution in [0, 0.1) is 5.92 Å². The molecule has 4 N–H and O–H groups in total. The van der Waals surface area contributed by atoms with Gasteiger partial charge in [-0.1, -0.05) is 18.2 Å². The van der Waals surface area contributed by atoms with Crippen molar-refractivity contribution in [3.8, 4) is 11.5 Å². The summed E-state index contributed by atoms with van der Waals surface area (Å²) in [6.07, 6.45) is 5.48. The number of carbonyl (C=O) groups excluding carboxylic acids is 1. The number of nitrogens with zero attached hydrogens (tertiary/aromatic N) is 2. The lowest BCUT2D eigenvalue weighted by molar-refractivity contribution is -0.121. The zero-order valence-corrected chi connectivity index (χ0v) is 21.8. The van der Waals surface area contributed by atoms with Gasteiger partial charge in [-0.3, -0.25) is 9.52 Å². The Morgan fingerprint density at radius 2 is 1.58 bits per heavy atom. The second-order valence-corrected chi connectivity index (χ2v) is 10.6. The van der Waals surface area contributed by atoms with E-state index in [9.17, 15) is 13.2 Å². The first kappa shape index (κ1) is 25.5. The fraction of sp³-hybridized carbons (Fsp3) is 0.269. The number of hydrogen-bond acceptors (Lipinski definition) is 9. The molecule has 0 atom stereocenters. The van der Waals surface area contributed by atoms with Crippen molar-refractivity contribution in [2.75, 3.05) is 42.7 Å².